The molecule has 1 aliphatic heterocycles. The van der Waals surface area contributed by atoms with E-state index in [2.05, 4.69) is 5.10 Å². The molecule has 0 unspecified atom stereocenters. The van der Waals surface area contributed by atoms with Crippen molar-refractivity contribution in [2.45, 2.75) is 6.29 Å². The van der Waals surface area contributed by atoms with Crippen LogP contribution >= 0.6 is 0 Å². The standard InChI is InChI=1S/C11H12N2O3/c1-14-10-4-2-3-8-7-9(12-13(8)10)11-15-5-6-16-11/h2-4,7,11H,5-6H2,1H3. The molecule has 1 aliphatic rings. The summed E-state index contributed by atoms with van der Waals surface area (Å²) >= 11 is 0. The Morgan fingerprint density at radius 3 is 2.94 bits per heavy atom. The van der Waals surface area contributed by atoms with E-state index >= 15 is 0 Å². The van der Waals surface area contributed by atoms with E-state index in [0.29, 0.717) is 19.1 Å². The summed E-state index contributed by atoms with van der Waals surface area (Å²) in [6.07, 6.45) is -0.343. The molecule has 0 spiro atoms. The van der Waals surface area contributed by atoms with E-state index in [4.69, 9.17) is 14.2 Å². The van der Waals surface area contributed by atoms with E-state index in [1.54, 1.807) is 11.6 Å². The third kappa shape index (κ3) is 1.45. The van der Waals surface area contributed by atoms with Gasteiger partial charge in [-0.3, -0.25) is 0 Å². The van der Waals surface area contributed by atoms with E-state index in [1.807, 2.05) is 24.3 Å². The molecule has 0 aromatic carbocycles. The molecular weight excluding hydrogens is 208 g/mol. The summed E-state index contributed by atoms with van der Waals surface area (Å²) in [7, 11) is 1.62. The first kappa shape index (κ1) is 9.62. The molecule has 0 bridgehead atoms. The van der Waals surface area contributed by atoms with Gasteiger partial charge >= 0.3 is 0 Å². The first-order valence-corrected chi connectivity index (χ1v) is 5.14. The number of methoxy groups -OCH3 is 1. The van der Waals surface area contributed by atoms with Crippen molar-refractivity contribution in [3.05, 3.63) is 30.0 Å². The lowest BCUT2D eigenvalue weighted by molar-refractivity contribution is -0.0474. The molecule has 3 rings (SSSR count). The molecular formula is C11H12N2O3. The zero-order chi connectivity index (χ0) is 11.0. The average Bonchev–Trinajstić information content (AvgIpc) is 2.96. The Hall–Kier alpha value is -1.59. The quantitative estimate of drug-likeness (QED) is 0.767. The van der Waals surface area contributed by atoms with Crippen LogP contribution < -0.4 is 4.74 Å². The van der Waals surface area contributed by atoms with Gasteiger partial charge in [0.15, 0.2) is 0 Å². The second-order valence-electron chi connectivity index (χ2n) is 3.55. The molecule has 1 fully saturated rings. The largest absolute Gasteiger partial charge is 0.481 e. The van der Waals surface area contributed by atoms with E-state index in [9.17, 15) is 0 Å². The lowest BCUT2D eigenvalue weighted by atomic mass is 10.3. The summed E-state index contributed by atoms with van der Waals surface area (Å²) in [6.45, 7) is 1.24. The monoisotopic (exact) mass is 220 g/mol. The molecule has 0 saturated carbocycles. The van der Waals surface area contributed by atoms with Gasteiger partial charge < -0.3 is 14.2 Å². The summed E-state index contributed by atoms with van der Waals surface area (Å²) in [6, 6.07) is 7.70. The molecule has 5 nitrogen and oxygen atoms in total. The van der Waals surface area contributed by atoms with Crippen LogP contribution in [0.25, 0.3) is 5.52 Å². The molecule has 0 amide bonds. The summed E-state index contributed by atoms with van der Waals surface area (Å²) < 4.78 is 17.8. The van der Waals surface area contributed by atoms with Crippen LogP contribution in [0.5, 0.6) is 5.88 Å². The van der Waals surface area contributed by atoms with Gasteiger partial charge in [-0.15, -0.1) is 0 Å². The summed E-state index contributed by atoms with van der Waals surface area (Å²) in [5.41, 5.74) is 1.75. The fourth-order valence-corrected chi connectivity index (χ4v) is 1.81. The molecule has 16 heavy (non-hydrogen) atoms. The van der Waals surface area contributed by atoms with Gasteiger partial charge in [-0.05, 0) is 12.1 Å². The van der Waals surface area contributed by atoms with Gasteiger partial charge in [0.2, 0.25) is 12.2 Å². The predicted molar refractivity (Wildman–Crippen MR) is 56.4 cm³/mol. The summed E-state index contributed by atoms with van der Waals surface area (Å²) in [5.74, 6) is 0.696. The molecule has 2 aromatic heterocycles. The van der Waals surface area contributed by atoms with Gasteiger partial charge in [0.25, 0.3) is 0 Å². The Morgan fingerprint density at radius 1 is 1.38 bits per heavy atom. The van der Waals surface area contributed by atoms with E-state index in [1.165, 1.54) is 0 Å². The lowest BCUT2D eigenvalue weighted by Crippen LogP contribution is -2.00. The van der Waals surface area contributed by atoms with Crippen LogP contribution in [-0.2, 0) is 9.47 Å². The van der Waals surface area contributed by atoms with Gasteiger partial charge in [0, 0.05) is 6.07 Å². The molecule has 0 atom stereocenters. The minimum absolute atomic E-state index is 0.343. The van der Waals surface area contributed by atoms with Crippen LogP contribution in [-0.4, -0.2) is 29.9 Å². The van der Waals surface area contributed by atoms with Gasteiger partial charge in [0.05, 0.1) is 25.8 Å². The highest BCUT2D eigenvalue weighted by atomic mass is 16.7. The zero-order valence-corrected chi connectivity index (χ0v) is 8.92. The highest BCUT2D eigenvalue weighted by molar-refractivity contribution is 5.50. The zero-order valence-electron chi connectivity index (χ0n) is 8.92. The Morgan fingerprint density at radius 2 is 2.19 bits per heavy atom. The van der Waals surface area contributed by atoms with Crippen molar-refractivity contribution in [3.8, 4) is 5.88 Å². The highest BCUT2D eigenvalue weighted by Gasteiger charge is 2.21. The number of hydrogen-bond donors (Lipinski definition) is 0. The third-order valence-corrected chi connectivity index (χ3v) is 2.54. The maximum atomic E-state index is 5.40. The van der Waals surface area contributed by atoms with E-state index in [-0.39, 0.29) is 6.29 Å². The molecule has 5 heteroatoms. The van der Waals surface area contributed by atoms with Crippen molar-refractivity contribution < 1.29 is 14.2 Å². The number of pyridine rings is 1. The molecule has 2 aromatic rings. The molecule has 0 N–H and O–H groups in total. The van der Waals surface area contributed by atoms with Gasteiger partial charge in [-0.2, -0.15) is 5.10 Å². The first-order chi connectivity index (χ1) is 7.88. The number of fused-ring (bicyclic) bond motifs is 1. The predicted octanol–water partition coefficient (Wildman–Crippen LogP) is 1.39. The van der Waals surface area contributed by atoms with Crippen LogP contribution in [0.1, 0.15) is 12.0 Å². The van der Waals surface area contributed by atoms with Gasteiger partial charge in [-0.1, -0.05) is 6.07 Å². The van der Waals surface area contributed by atoms with Crippen LogP contribution in [0, 0.1) is 0 Å². The molecule has 0 radical (unpaired) electrons. The Bertz CT molecular complexity index is 503. The van der Waals surface area contributed by atoms with Crippen LogP contribution in [0.15, 0.2) is 24.3 Å². The maximum Gasteiger partial charge on any atom is 0.214 e. The van der Waals surface area contributed by atoms with Gasteiger partial charge in [-0.25, -0.2) is 4.52 Å². The SMILES string of the molecule is COc1cccc2cc(C3OCCO3)nn12. The number of ether oxygens (including phenoxy) is 3. The van der Waals surface area contributed by atoms with Gasteiger partial charge in [0.1, 0.15) is 5.69 Å². The fraction of sp³-hybridized carbons (Fsp3) is 0.364. The third-order valence-electron chi connectivity index (χ3n) is 2.54. The molecule has 0 aliphatic carbocycles. The number of nitrogens with zero attached hydrogens (tertiary/aromatic N) is 2. The molecule has 1 saturated heterocycles. The van der Waals surface area contributed by atoms with Crippen LogP contribution in [0.3, 0.4) is 0 Å². The first-order valence-electron chi connectivity index (χ1n) is 5.14. The Labute approximate surface area is 92.5 Å². The average molecular weight is 220 g/mol. The topological polar surface area (TPSA) is 45.0 Å². The van der Waals surface area contributed by atoms with Crippen molar-refractivity contribution in [3.63, 3.8) is 0 Å². The van der Waals surface area contributed by atoms with E-state index in [0.717, 1.165) is 11.2 Å². The summed E-state index contributed by atoms with van der Waals surface area (Å²) in [5, 5.41) is 4.41. The second-order valence-corrected chi connectivity index (χ2v) is 3.55. The number of rotatable bonds is 2. The van der Waals surface area contributed by atoms with E-state index < -0.39 is 0 Å². The van der Waals surface area contributed by atoms with Crippen LogP contribution in [0.4, 0.5) is 0 Å². The minimum Gasteiger partial charge on any atom is -0.481 e. The number of aromatic nitrogens is 2. The maximum absolute atomic E-state index is 5.40. The normalized spacial score (nSPS) is 17.1. The van der Waals surface area contributed by atoms with Crippen LogP contribution in [0.2, 0.25) is 0 Å². The lowest BCUT2D eigenvalue weighted by Gasteiger charge is -2.04. The highest BCUT2D eigenvalue weighted by Crippen LogP contribution is 2.24. The van der Waals surface area contributed by atoms with Crippen molar-refractivity contribution in [1.82, 2.24) is 9.61 Å². The fourth-order valence-electron chi connectivity index (χ4n) is 1.81. The Balaban J connectivity index is 2.07. The number of hydrogen-bond acceptors (Lipinski definition) is 4. The smallest absolute Gasteiger partial charge is 0.214 e. The van der Waals surface area contributed by atoms with Crippen molar-refractivity contribution in [1.29, 1.82) is 0 Å². The summed E-state index contributed by atoms with van der Waals surface area (Å²) in [4.78, 5) is 0. The molecule has 3 heterocycles. The van der Waals surface area contributed by atoms with Crippen molar-refractivity contribution in [2.24, 2.45) is 0 Å². The minimum atomic E-state index is -0.343. The second kappa shape index (κ2) is 3.77. The molecule has 84 valence electrons. The van der Waals surface area contributed by atoms with Crippen molar-refractivity contribution in [2.75, 3.05) is 20.3 Å². The Kier molecular flexibility index (Phi) is 2.27. The van der Waals surface area contributed by atoms with Crippen molar-refractivity contribution >= 4 is 5.52 Å².